The molecule has 86 valence electrons. The fourth-order valence-corrected chi connectivity index (χ4v) is 2.94. The SMILES string of the molecule is Cn1cc(N2CC3(CC(C(=O)O)C3)C2)cn1. The zero-order chi connectivity index (χ0) is 11.3. The number of carboxylic acid groups (broad SMARTS) is 1. The van der Waals surface area contributed by atoms with Crippen molar-refractivity contribution >= 4 is 11.7 Å². The summed E-state index contributed by atoms with van der Waals surface area (Å²) in [6.07, 6.45) is 5.55. The van der Waals surface area contributed by atoms with E-state index in [-0.39, 0.29) is 5.92 Å². The number of rotatable bonds is 2. The molecule has 0 radical (unpaired) electrons. The van der Waals surface area contributed by atoms with Gasteiger partial charge in [0.25, 0.3) is 0 Å². The number of aliphatic carboxylic acids is 1. The first-order valence-corrected chi connectivity index (χ1v) is 5.54. The summed E-state index contributed by atoms with van der Waals surface area (Å²) in [5, 5.41) is 13.0. The van der Waals surface area contributed by atoms with Gasteiger partial charge in [-0.15, -0.1) is 0 Å². The Morgan fingerprint density at radius 1 is 1.56 bits per heavy atom. The number of hydrogen-bond donors (Lipinski definition) is 1. The molecule has 1 aliphatic heterocycles. The minimum absolute atomic E-state index is 0.101. The van der Waals surface area contributed by atoms with Gasteiger partial charge in [-0.2, -0.15) is 5.10 Å². The summed E-state index contributed by atoms with van der Waals surface area (Å²) in [5.41, 5.74) is 1.44. The molecule has 0 aromatic carbocycles. The largest absolute Gasteiger partial charge is 0.481 e. The van der Waals surface area contributed by atoms with Crippen LogP contribution in [0.3, 0.4) is 0 Å². The van der Waals surface area contributed by atoms with Crippen molar-refractivity contribution in [1.29, 1.82) is 0 Å². The molecule has 0 bridgehead atoms. The fourth-order valence-electron chi connectivity index (χ4n) is 2.94. The summed E-state index contributed by atoms with van der Waals surface area (Å²) >= 11 is 0. The quantitative estimate of drug-likeness (QED) is 0.799. The van der Waals surface area contributed by atoms with E-state index in [1.165, 1.54) is 0 Å². The number of aromatic nitrogens is 2. The second-order valence-electron chi connectivity index (χ2n) is 5.17. The highest BCUT2D eigenvalue weighted by Crippen LogP contribution is 2.52. The van der Waals surface area contributed by atoms with Crippen LogP contribution in [0.5, 0.6) is 0 Å². The normalized spacial score (nSPS) is 22.9. The van der Waals surface area contributed by atoms with Gasteiger partial charge in [0.1, 0.15) is 0 Å². The number of carboxylic acids is 1. The third-order valence-electron chi connectivity index (χ3n) is 3.82. The van der Waals surface area contributed by atoms with Gasteiger partial charge in [-0.25, -0.2) is 0 Å². The zero-order valence-electron chi connectivity index (χ0n) is 9.26. The van der Waals surface area contributed by atoms with Gasteiger partial charge in [-0.05, 0) is 12.8 Å². The molecule has 5 heteroatoms. The van der Waals surface area contributed by atoms with Crippen LogP contribution in [0.1, 0.15) is 12.8 Å². The number of carbonyl (C=O) groups is 1. The Hall–Kier alpha value is -1.52. The molecular formula is C11H15N3O2. The zero-order valence-corrected chi connectivity index (χ0v) is 9.26. The molecule has 2 aliphatic rings. The molecule has 1 aromatic heterocycles. The maximum absolute atomic E-state index is 10.7. The van der Waals surface area contributed by atoms with E-state index < -0.39 is 5.97 Å². The highest BCUT2D eigenvalue weighted by Gasteiger charge is 2.54. The Kier molecular flexibility index (Phi) is 1.81. The lowest BCUT2D eigenvalue weighted by Gasteiger charge is -2.58. The van der Waals surface area contributed by atoms with Crippen LogP contribution >= 0.6 is 0 Å². The Morgan fingerprint density at radius 3 is 2.75 bits per heavy atom. The predicted molar refractivity (Wildman–Crippen MR) is 58.2 cm³/mol. The maximum atomic E-state index is 10.7. The van der Waals surface area contributed by atoms with Crippen LogP contribution in [-0.4, -0.2) is 33.9 Å². The monoisotopic (exact) mass is 221 g/mol. The smallest absolute Gasteiger partial charge is 0.306 e. The Labute approximate surface area is 93.7 Å². The minimum Gasteiger partial charge on any atom is -0.481 e. The van der Waals surface area contributed by atoms with Gasteiger partial charge in [-0.1, -0.05) is 0 Å². The van der Waals surface area contributed by atoms with Gasteiger partial charge in [0.2, 0.25) is 0 Å². The summed E-state index contributed by atoms with van der Waals surface area (Å²) < 4.78 is 1.79. The van der Waals surface area contributed by atoms with Crippen molar-refractivity contribution in [3.05, 3.63) is 12.4 Å². The summed E-state index contributed by atoms with van der Waals surface area (Å²) in [4.78, 5) is 13.0. The van der Waals surface area contributed by atoms with Gasteiger partial charge in [0.15, 0.2) is 0 Å². The molecule has 1 spiro atoms. The van der Waals surface area contributed by atoms with E-state index in [0.717, 1.165) is 31.6 Å². The first-order chi connectivity index (χ1) is 7.58. The summed E-state index contributed by atoms with van der Waals surface area (Å²) in [5.74, 6) is -0.735. The van der Waals surface area contributed by atoms with Crippen LogP contribution in [0.25, 0.3) is 0 Å². The first kappa shape index (κ1) is 9.69. The Bertz CT molecular complexity index is 426. The highest BCUT2D eigenvalue weighted by atomic mass is 16.4. The van der Waals surface area contributed by atoms with Gasteiger partial charge in [0.05, 0.1) is 17.8 Å². The molecule has 0 unspecified atom stereocenters. The second-order valence-corrected chi connectivity index (χ2v) is 5.17. The predicted octanol–water partition coefficient (Wildman–Crippen LogP) is 0.721. The minimum atomic E-state index is -0.634. The van der Waals surface area contributed by atoms with Gasteiger partial charge in [0, 0.05) is 31.7 Å². The van der Waals surface area contributed by atoms with E-state index >= 15 is 0 Å². The lowest BCUT2D eigenvalue weighted by Crippen LogP contribution is -2.63. The summed E-state index contributed by atoms with van der Waals surface area (Å²) in [6, 6.07) is 0. The highest BCUT2D eigenvalue weighted by molar-refractivity contribution is 5.72. The molecule has 1 aromatic rings. The number of nitrogens with zero attached hydrogens (tertiary/aromatic N) is 3. The second kappa shape index (κ2) is 2.99. The van der Waals surface area contributed by atoms with Crippen LogP contribution in [0, 0.1) is 11.3 Å². The van der Waals surface area contributed by atoms with E-state index in [9.17, 15) is 4.79 Å². The fraction of sp³-hybridized carbons (Fsp3) is 0.636. The third-order valence-corrected chi connectivity index (χ3v) is 3.82. The molecule has 3 rings (SSSR count). The number of aryl methyl sites for hydroxylation is 1. The van der Waals surface area contributed by atoms with Crippen molar-refractivity contribution in [2.45, 2.75) is 12.8 Å². The molecule has 1 saturated carbocycles. The van der Waals surface area contributed by atoms with E-state index in [1.54, 1.807) is 4.68 Å². The standard InChI is InChI=1S/C11H15N3O2/c1-13-5-9(4-12-13)14-6-11(7-14)2-8(3-11)10(15)16/h4-5,8H,2-3,6-7H2,1H3,(H,15,16). The number of anilines is 1. The van der Waals surface area contributed by atoms with E-state index in [1.807, 2.05) is 19.4 Å². The van der Waals surface area contributed by atoms with Crippen LogP contribution in [0.2, 0.25) is 0 Å². The van der Waals surface area contributed by atoms with Crippen molar-refractivity contribution in [3.63, 3.8) is 0 Å². The van der Waals surface area contributed by atoms with Crippen LogP contribution < -0.4 is 4.90 Å². The van der Waals surface area contributed by atoms with Gasteiger partial charge < -0.3 is 10.0 Å². The lowest BCUT2D eigenvalue weighted by molar-refractivity contribution is -0.151. The molecule has 0 atom stereocenters. The molecule has 1 N–H and O–H groups in total. The average molecular weight is 221 g/mol. The molecule has 2 heterocycles. The van der Waals surface area contributed by atoms with Crippen LogP contribution in [0.15, 0.2) is 12.4 Å². The first-order valence-electron chi connectivity index (χ1n) is 5.54. The van der Waals surface area contributed by atoms with E-state index in [0.29, 0.717) is 5.41 Å². The van der Waals surface area contributed by atoms with Crippen molar-refractivity contribution in [3.8, 4) is 0 Å². The molecule has 1 saturated heterocycles. The molecule has 2 fully saturated rings. The Balaban J connectivity index is 1.58. The van der Waals surface area contributed by atoms with Crippen molar-refractivity contribution in [1.82, 2.24) is 9.78 Å². The summed E-state index contributed by atoms with van der Waals surface area (Å²) in [6.45, 7) is 1.98. The molecular weight excluding hydrogens is 206 g/mol. The van der Waals surface area contributed by atoms with Gasteiger partial charge >= 0.3 is 5.97 Å². The summed E-state index contributed by atoms with van der Waals surface area (Å²) in [7, 11) is 1.91. The molecule has 1 aliphatic carbocycles. The number of hydrogen-bond acceptors (Lipinski definition) is 3. The van der Waals surface area contributed by atoms with Crippen molar-refractivity contribution in [2.24, 2.45) is 18.4 Å². The lowest BCUT2D eigenvalue weighted by atomic mass is 9.57. The van der Waals surface area contributed by atoms with Gasteiger partial charge in [-0.3, -0.25) is 9.48 Å². The van der Waals surface area contributed by atoms with Crippen molar-refractivity contribution in [2.75, 3.05) is 18.0 Å². The van der Waals surface area contributed by atoms with E-state index in [2.05, 4.69) is 10.00 Å². The van der Waals surface area contributed by atoms with Crippen LogP contribution in [0.4, 0.5) is 5.69 Å². The topological polar surface area (TPSA) is 58.4 Å². The molecule has 16 heavy (non-hydrogen) atoms. The molecule has 0 amide bonds. The third kappa shape index (κ3) is 1.31. The Morgan fingerprint density at radius 2 is 2.25 bits per heavy atom. The van der Waals surface area contributed by atoms with E-state index in [4.69, 9.17) is 5.11 Å². The van der Waals surface area contributed by atoms with Crippen molar-refractivity contribution < 1.29 is 9.90 Å². The van der Waals surface area contributed by atoms with Crippen LogP contribution in [-0.2, 0) is 11.8 Å². The maximum Gasteiger partial charge on any atom is 0.306 e. The molecule has 5 nitrogen and oxygen atoms in total. The average Bonchev–Trinajstić information content (AvgIpc) is 2.46.